The van der Waals surface area contributed by atoms with Crippen molar-refractivity contribution in [1.82, 2.24) is 5.32 Å². The van der Waals surface area contributed by atoms with Gasteiger partial charge in [-0.15, -0.1) is 0 Å². The third kappa shape index (κ3) is 7.63. The predicted molar refractivity (Wildman–Crippen MR) is 60.6 cm³/mol. The SMILES string of the molecule is CN/C(C)=C\C=C(/C)CC(C)(C)C. The molecule has 0 radical (unpaired) electrons. The monoisotopic (exact) mass is 181 g/mol. The summed E-state index contributed by atoms with van der Waals surface area (Å²) in [7, 11) is 1.94. The largest absolute Gasteiger partial charge is 0.392 e. The Kier molecular flexibility index (Phi) is 4.82. The van der Waals surface area contributed by atoms with E-state index in [1.807, 2.05) is 7.05 Å². The first-order chi connectivity index (χ1) is 5.85. The average Bonchev–Trinajstić information content (AvgIpc) is 1.97. The fraction of sp³-hybridized carbons (Fsp3) is 0.667. The molecule has 0 bridgehead atoms. The molecule has 0 saturated heterocycles. The molecule has 0 spiro atoms. The molecule has 0 aromatic heterocycles. The van der Waals surface area contributed by atoms with Gasteiger partial charge in [-0.1, -0.05) is 32.4 Å². The average molecular weight is 181 g/mol. The maximum Gasteiger partial charge on any atom is 0.00724 e. The molecule has 1 heteroatoms. The van der Waals surface area contributed by atoms with E-state index in [1.165, 1.54) is 11.3 Å². The minimum Gasteiger partial charge on any atom is -0.392 e. The van der Waals surface area contributed by atoms with Crippen LogP contribution in [-0.4, -0.2) is 7.05 Å². The van der Waals surface area contributed by atoms with Crippen LogP contribution in [0.25, 0.3) is 0 Å². The zero-order chi connectivity index (χ0) is 10.5. The van der Waals surface area contributed by atoms with Gasteiger partial charge in [0.1, 0.15) is 0 Å². The first kappa shape index (κ1) is 12.3. The summed E-state index contributed by atoms with van der Waals surface area (Å²) in [6.45, 7) is 11.0. The lowest BCUT2D eigenvalue weighted by molar-refractivity contribution is 0.409. The van der Waals surface area contributed by atoms with Gasteiger partial charge in [0.25, 0.3) is 0 Å². The highest BCUT2D eigenvalue weighted by atomic mass is 14.8. The summed E-state index contributed by atoms with van der Waals surface area (Å²) < 4.78 is 0. The second kappa shape index (κ2) is 5.11. The van der Waals surface area contributed by atoms with E-state index in [0.717, 1.165) is 6.42 Å². The van der Waals surface area contributed by atoms with Crippen LogP contribution in [0.15, 0.2) is 23.4 Å². The van der Waals surface area contributed by atoms with Crippen LogP contribution in [0.2, 0.25) is 0 Å². The quantitative estimate of drug-likeness (QED) is 0.657. The van der Waals surface area contributed by atoms with Crippen molar-refractivity contribution in [2.75, 3.05) is 7.05 Å². The first-order valence-electron chi connectivity index (χ1n) is 4.87. The number of allylic oxidation sites excluding steroid dienone is 4. The number of rotatable bonds is 3. The molecule has 0 aliphatic heterocycles. The first-order valence-corrected chi connectivity index (χ1v) is 4.87. The number of hydrogen-bond acceptors (Lipinski definition) is 1. The predicted octanol–water partition coefficient (Wildman–Crippen LogP) is 3.49. The molecule has 1 N–H and O–H groups in total. The minimum atomic E-state index is 0.391. The Morgan fingerprint density at radius 3 is 2.08 bits per heavy atom. The summed E-state index contributed by atoms with van der Waals surface area (Å²) in [5.41, 5.74) is 3.03. The molecule has 0 aliphatic rings. The second-order valence-electron chi connectivity index (χ2n) is 4.85. The standard InChI is InChI=1S/C12H23N/c1-10(9-12(3,4)5)7-8-11(2)13-6/h7-8,13H,9H2,1-6H3/b10-7+,11-8-. The van der Waals surface area contributed by atoms with E-state index in [-0.39, 0.29) is 0 Å². The maximum absolute atomic E-state index is 3.10. The van der Waals surface area contributed by atoms with Gasteiger partial charge in [-0.3, -0.25) is 0 Å². The molecule has 0 unspecified atom stereocenters. The van der Waals surface area contributed by atoms with E-state index in [4.69, 9.17) is 0 Å². The van der Waals surface area contributed by atoms with Crippen molar-refractivity contribution in [3.8, 4) is 0 Å². The van der Waals surface area contributed by atoms with Crippen LogP contribution in [0, 0.1) is 5.41 Å². The third-order valence-electron chi connectivity index (χ3n) is 1.82. The minimum absolute atomic E-state index is 0.391. The van der Waals surface area contributed by atoms with Crippen LogP contribution in [0.4, 0.5) is 0 Å². The van der Waals surface area contributed by atoms with Crippen LogP contribution in [0.5, 0.6) is 0 Å². The number of nitrogens with one attached hydrogen (secondary N) is 1. The topological polar surface area (TPSA) is 12.0 Å². The summed E-state index contributed by atoms with van der Waals surface area (Å²) in [5.74, 6) is 0. The van der Waals surface area contributed by atoms with Crippen molar-refractivity contribution in [2.24, 2.45) is 5.41 Å². The highest BCUT2D eigenvalue weighted by molar-refractivity contribution is 5.15. The van der Waals surface area contributed by atoms with E-state index >= 15 is 0 Å². The summed E-state index contributed by atoms with van der Waals surface area (Å²) >= 11 is 0. The van der Waals surface area contributed by atoms with Crippen molar-refractivity contribution in [3.05, 3.63) is 23.4 Å². The Hall–Kier alpha value is -0.720. The van der Waals surface area contributed by atoms with E-state index in [9.17, 15) is 0 Å². The molecule has 0 rings (SSSR count). The van der Waals surface area contributed by atoms with Crippen LogP contribution < -0.4 is 5.32 Å². The Morgan fingerprint density at radius 2 is 1.69 bits per heavy atom. The molecule has 0 aliphatic carbocycles. The Balaban J connectivity index is 4.19. The van der Waals surface area contributed by atoms with Gasteiger partial charge in [-0.2, -0.15) is 0 Å². The molecule has 76 valence electrons. The van der Waals surface area contributed by atoms with Gasteiger partial charge >= 0.3 is 0 Å². The Bertz CT molecular complexity index is 204. The van der Waals surface area contributed by atoms with Crippen molar-refractivity contribution in [1.29, 1.82) is 0 Å². The van der Waals surface area contributed by atoms with Crippen LogP contribution in [0.1, 0.15) is 41.0 Å². The molecule has 0 aromatic carbocycles. The van der Waals surface area contributed by atoms with Gasteiger partial charge in [0.05, 0.1) is 0 Å². The van der Waals surface area contributed by atoms with Gasteiger partial charge < -0.3 is 5.32 Å². The summed E-state index contributed by atoms with van der Waals surface area (Å²) in [5, 5.41) is 3.10. The maximum atomic E-state index is 3.10. The van der Waals surface area contributed by atoms with E-state index in [1.54, 1.807) is 0 Å². The lowest BCUT2D eigenvalue weighted by atomic mass is 9.88. The number of hydrogen-bond donors (Lipinski definition) is 1. The lowest BCUT2D eigenvalue weighted by Crippen LogP contribution is -2.05. The van der Waals surface area contributed by atoms with Gasteiger partial charge in [-0.05, 0) is 31.8 Å². The molecule has 0 saturated carbocycles. The Labute approximate surface area is 82.9 Å². The van der Waals surface area contributed by atoms with Gasteiger partial charge in [0.15, 0.2) is 0 Å². The van der Waals surface area contributed by atoms with E-state index in [2.05, 4.69) is 52.1 Å². The van der Waals surface area contributed by atoms with Crippen molar-refractivity contribution in [2.45, 2.75) is 41.0 Å². The molecule has 0 fully saturated rings. The smallest absolute Gasteiger partial charge is 0.00724 e. The summed E-state index contributed by atoms with van der Waals surface area (Å²) in [4.78, 5) is 0. The molecular weight excluding hydrogens is 158 g/mol. The van der Waals surface area contributed by atoms with Crippen molar-refractivity contribution >= 4 is 0 Å². The molecule has 13 heavy (non-hydrogen) atoms. The molecule has 0 amide bonds. The van der Waals surface area contributed by atoms with Crippen LogP contribution in [0.3, 0.4) is 0 Å². The van der Waals surface area contributed by atoms with E-state index < -0.39 is 0 Å². The normalized spacial score (nSPS) is 14.6. The molecule has 0 atom stereocenters. The lowest BCUT2D eigenvalue weighted by Gasteiger charge is -2.17. The summed E-state index contributed by atoms with van der Waals surface area (Å²) in [6.07, 6.45) is 5.47. The molecule has 0 aromatic rings. The highest BCUT2D eigenvalue weighted by Crippen LogP contribution is 2.23. The zero-order valence-electron chi connectivity index (χ0n) is 9.86. The van der Waals surface area contributed by atoms with Crippen LogP contribution in [-0.2, 0) is 0 Å². The van der Waals surface area contributed by atoms with Crippen molar-refractivity contribution in [3.63, 3.8) is 0 Å². The fourth-order valence-corrected chi connectivity index (χ4v) is 1.25. The second-order valence-corrected chi connectivity index (χ2v) is 4.85. The van der Waals surface area contributed by atoms with Gasteiger partial charge in [0, 0.05) is 12.7 Å². The Morgan fingerprint density at radius 1 is 1.15 bits per heavy atom. The molecular formula is C12H23N. The highest BCUT2D eigenvalue weighted by Gasteiger charge is 2.09. The van der Waals surface area contributed by atoms with Crippen LogP contribution >= 0.6 is 0 Å². The summed E-state index contributed by atoms with van der Waals surface area (Å²) in [6, 6.07) is 0. The van der Waals surface area contributed by atoms with Crippen molar-refractivity contribution < 1.29 is 0 Å². The fourth-order valence-electron chi connectivity index (χ4n) is 1.25. The third-order valence-corrected chi connectivity index (χ3v) is 1.82. The molecule has 0 heterocycles. The van der Waals surface area contributed by atoms with Gasteiger partial charge in [-0.25, -0.2) is 0 Å². The van der Waals surface area contributed by atoms with Gasteiger partial charge in [0.2, 0.25) is 0 Å². The van der Waals surface area contributed by atoms with E-state index in [0.29, 0.717) is 5.41 Å². The molecule has 1 nitrogen and oxygen atoms in total. The zero-order valence-corrected chi connectivity index (χ0v) is 9.86.